The van der Waals surface area contributed by atoms with E-state index in [4.69, 9.17) is 11.6 Å². The minimum Gasteiger partial charge on any atom is -0.339 e. The number of carbonyl (C=O) groups is 1. The van der Waals surface area contributed by atoms with Gasteiger partial charge in [-0.05, 0) is 62.1 Å². The molecule has 4 rings (SSSR count). The standard InChI is InChI=1S/C22H21ClN4O/c1-13-5-3-6-15(11-13)25-22-26-18-7-4-8-19(28)20(18)21(27-22)24-16-10-9-14(2)17(23)12-16/h3,5-6,9-12H,4,7-8H2,1-2H3,(H2,24,25,26,27). The molecule has 0 saturated carbocycles. The topological polar surface area (TPSA) is 66.9 Å². The number of benzene rings is 2. The van der Waals surface area contributed by atoms with Crippen molar-refractivity contribution in [3.8, 4) is 0 Å². The zero-order valence-electron chi connectivity index (χ0n) is 15.8. The molecule has 0 unspecified atom stereocenters. The molecule has 1 aliphatic rings. The van der Waals surface area contributed by atoms with Crippen molar-refractivity contribution in [2.45, 2.75) is 33.1 Å². The van der Waals surface area contributed by atoms with Gasteiger partial charge in [0.2, 0.25) is 5.95 Å². The molecule has 0 bridgehead atoms. The molecule has 6 heteroatoms. The fourth-order valence-corrected chi connectivity index (χ4v) is 3.51. The summed E-state index contributed by atoms with van der Waals surface area (Å²) in [5.41, 5.74) is 5.20. The number of anilines is 4. The summed E-state index contributed by atoms with van der Waals surface area (Å²) < 4.78 is 0. The van der Waals surface area contributed by atoms with Gasteiger partial charge in [-0.1, -0.05) is 29.8 Å². The largest absolute Gasteiger partial charge is 0.339 e. The molecular formula is C22H21ClN4O. The summed E-state index contributed by atoms with van der Waals surface area (Å²) in [5.74, 6) is 1.06. The molecule has 1 aliphatic carbocycles. The van der Waals surface area contributed by atoms with Crippen LogP contribution in [0.3, 0.4) is 0 Å². The molecule has 142 valence electrons. The van der Waals surface area contributed by atoms with Crippen LogP contribution in [-0.2, 0) is 6.42 Å². The fourth-order valence-electron chi connectivity index (χ4n) is 3.33. The molecule has 0 fully saturated rings. The van der Waals surface area contributed by atoms with Crippen LogP contribution in [-0.4, -0.2) is 15.8 Å². The van der Waals surface area contributed by atoms with Gasteiger partial charge in [-0.15, -0.1) is 0 Å². The van der Waals surface area contributed by atoms with Crippen LogP contribution in [0.1, 0.15) is 40.0 Å². The van der Waals surface area contributed by atoms with E-state index in [0.29, 0.717) is 28.8 Å². The lowest BCUT2D eigenvalue weighted by Crippen LogP contribution is -2.17. The second kappa shape index (κ2) is 7.60. The summed E-state index contributed by atoms with van der Waals surface area (Å²) in [6.45, 7) is 3.98. The number of aryl methyl sites for hydroxylation is 3. The highest BCUT2D eigenvalue weighted by molar-refractivity contribution is 6.31. The Bertz CT molecular complexity index is 1060. The highest BCUT2D eigenvalue weighted by atomic mass is 35.5. The van der Waals surface area contributed by atoms with Gasteiger partial charge in [0.1, 0.15) is 5.82 Å². The Morgan fingerprint density at radius 1 is 0.964 bits per heavy atom. The van der Waals surface area contributed by atoms with Gasteiger partial charge in [0, 0.05) is 22.8 Å². The van der Waals surface area contributed by atoms with E-state index in [1.165, 1.54) is 0 Å². The maximum atomic E-state index is 12.6. The van der Waals surface area contributed by atoms with Crippen LogP contribution in [0.5, 0.6) is 0 Å². The third kappa shape index (κ3) is 3.85. The number of Topliss-reactive ketones (excluding diaryl/α,β-unsaturated/α-hetero) is 1. The molecule has 0 amide bonds. The predicted octanol–water partition coefficient (Wildman–Crippen LogP) is 5.75. The van der Waals surface area contributed by atoms with Crippen LogP contribution in [0.25, 0.3) is 0 Å². The van der Waals surface area contributed by atoms with Crippen molar-refractivity contribution >= 4 is 40.5 Å². The van der Waals surface area contributed by atoms with E-state index in [-0.39, 0.29) is 5.78 Å². The molecule has 0 radical (unpaired) electrons. The van der Waals surface area contributed by atoms with Crippen LogP contribution in [0.15, 0.2) is 42.5 Å². The number of hydrogen-bond donors (Lipinski definition) is 2. The van der Waals surface area contributed by atoms with Gasteiger partial charge in [0.05, 0.1) is 11.3 Å². The van der Waals surface area contributed by atoms with Crippen molar-refractivity contribution in [3.05, 3.63) is 69.9 Å². The van der Waals surface area contributed by atoms with Gasteiger partial charge in [-0.3, -0.25) is 4.79 Å². The maximum Gasteiger partial charge on any atom is 0.229 e. The minimum absolute atomic E-state index is 0.0732. The number of ketones is 1. The molecule has 2 N–H and O–H groups in total. The average molecular weight is 393 g/mol. The number of nitrogens with one attached hydrogen (secondary N) is 2. The van der Waals surface area contributed by atoms with Crippen molar-refractivity contribution in [1.29, 1.82) is 0 Å². The molecule has 0 aliphatic heterocycles. The molecular weight excluding hydrogens is 372 g/mol. The van der Waals surface area contributed by atoms with E-state index in [9.17, 15) is 4.79 Å². The van der Waals surface area contributed by atoms with Gasteiger partial charge >= 0.3 is 0 Å². The Kier molecular flexibility index (Phi) is 5.01. The first-order chi connectivity index (χ1) is 13.5. The Labute approximate surface area is 169 Å². The van der Waals surface area contributed by atoms with Crippen LogP contribution >= 0.6 is 11.6 Å². The summed E-state index contributed by atoms with van der Waals surface area (Å²) >= 11 is 6.25. The number of halogens is 1. The number of hydrogen-bond acceptors (Lipinski definition) is 5. The Hall–Kier alpha value is -2.92. The number of carbonyl (C=O) groups excluding carboxylic acids is 1. The summed E-state index contributed by atoms with van der Waals surface area (Å²) in [4.78, 5) is 21.8. The van der Waals surface area contributed by atoms with Crippen LogP contribution in [0.4, 0.5) is 23.1 Å². The summed E-state index contributed by atoms with van der Waals surface area (Å²) in [6.07, 6.45) is 2.09. The highest BCUT2D eigenvalue weighted by Crippen LogP contribution is 2.31. The molecule has 2 aromatic carbocycles. The van der Waals surface area contributed by atoms with Crippen molar-refractivity contribution in [2.75, 3.05) is 10.6 Å². The molecule has 0 saturated heterocycles. The Morgan fingerprint density at radius 2 is 1.79 bits per heavy atom. The SMILES string of the molecule is Cc1cccc(Nc2nc3c(c(Nc4ccc(C)c(Cl)c4)n2)C(=O)CCC3)c1. The number of rotatable bonds is 4. The first-order valence-electron chi connectivity index (χ1n) is 9.30. The third-order valence-electron chi connectivity index (χ3n) is 4.79. The van der Waals surface area contributed by atoms with Gasteiger partial charge in [-0.2, -0.15) is 4.98 Å². The zero-order valence-corrected chi connectivity index (χ0v) is 16.6. The summed E-state index contributed by atoms with van der Waals surface area (Å²) in [7, 11) is 0. The average Bonchev–Trinajstić information content (AvgIpc) is 2.65. The highest BCUT2D eigenvalue weighted by Gasteiger charge is 2.25. The molecule has 0 spiro atoms. The van der Waals surface area contributed by atoms with E-state index in [1.807, 2.05) is 56.3 Å². The first kappa shape index (κ1) is 18.4. The zero-order chi connectivity index (χ0) is 19.7. The lowest BCUT2D eigenvalue weighted by atomic mass is 9.95. The normalized spacial score (nSPS) is 13.2. The number of nitrogens with zero attached hydrogens (tertiary/aromatic N) is 2. The van der Waals surface area contributed by atoms with Crippen LogP contribution < -0.4 is 10.6 Å². The second-order valence-electron chi connectivity index (χ2n) is 7.08. The smallest absolute Gasteiger partial charge is 0.229 e. The lowest BCUT2D eigenvalue weighted by Gasteiger charge is -2.19. The van der Waals surface area contributed by atoms with E-state index < -0.39 is 0 Å². The molecule has 1 heterocycles. The number of fused-ring (bicyclic) bond motifs is 1. The quantitative estimate of drug-likeness (QED) is 0.591. The van der Waals surface area contributed by atoms with Crippen molar-refractivity contribution in [1.82, 2.24) is 9.97 Å². The van der Waals surface area contributed by atoms with Crippen molar-refractivity contribution < 1.29 is 4.79 Å². The maximum absolute atomic E-state index is 12.6. The minimum atomic E-state index is 0.0732. The van der Waals surface area contributed by atoms with E-state index in [0.717, 1.165) is 41.0 Å². The van der Waals surface area contributed by atoms with Crippen LogP contribution in [0.2, 0.25) is 5.02 Å². The third-order valence-corrected chi connectivity index (χ3v) is 5.20. The first-order valence-corrected chi connectivity index (χ1v) is 9.68. The molecule has 1 aromatic heterocycles. The van der Waals surface area contributed by atoms with E-state index in [2.05, 4.69) is 20.6 Å². The summed E-state index contributed by atoms with van der Waals surface area (Å²) in [5, 5.41) is 7.19. The van der Waals surface area contributed by atoms with Gasteiger partial charge in [0.25, 0.3) is 0 Å². The Balaban J connectivity index is 1.74. The van der Waals surface area contributed by atoms with Gasteiger partial charge in [-0.25, -0.2) is 4.98 Å². The van der Waals surface area contributed by atoms with Crippen molar-refractivity contribution in [3.63, 3.8) is 0 Å². The predicted molar refractivity (Wildman–Crippen MR) is 113 cm³/mol. The lowest BCUT2D eigenvalue weighted by molar-refractivity contribution is 0.0972. The van der Waals surface area contributed by atoms with Crippen molar-refractivity contribution in [2.24, 2.45) is 0 Å². The summed E-state index contributed by atoms with van der Waals surface area (Å²) in [6, 6.07) is 13.7. The number of aromatic nitrogens is 2. The van der Waals surface area contributed by atoms with E-state index in [1.54, 1.807) is 0 Å². The molecule has 3 aromatic rings. The van der Waals surface area contributed by atoms with Gasteiger partial charge < -0.3 is 10.6 Å². The molecule has 0 atom stereocenters. The van der Waals surface area contributed by atoms with E-state index >= 15 is 0 Å². The second-order valence-corrected chi connectivity index (χ2v) is 7.48. The Morgan fingerprint density at radius 3 is 2.57 bits per heavy atom. The van der Waals surface area contributed by atoms with Gasteiger partial charge in [0.15, 0.2) is 5.78 Å². The fraction of sp³-hybridized carbons (Fsp3) is 0.227. The van der Waals surface area contributed by atoms with Crippen LogP contribution in [0, 0.1) is 13.8 Å². The monoisotopic (exact) mass is 392 g/mol. The molecule has 28 heavy (non-hydrogen) atoms. The molecule has 5 nitrogen and oxygen atoms in total.